The molecule has 2 rings (SSSR count). The van der Waals surface area contributed by atoms with Gasteiger partial charge in [0.1, 0.15) is 6.61 Å². The Bertz CT molecular complexity index is 695. The molecule has 0 spiro atoms. The van der Waals surface area contributed by atoms with Crippen LogP contribution in [0, 0.1) is 0 Å². The number of rotatable bonds is 11. The summed E-state index contributed by atoms with van der Waals surface area (Å²) in [5.41, 5.74) is 1.92. The minimum Gasteiger partial charge on any atom is -0.493 e. The summed E-state index contributed by atoms with van der Waals surface area (Å²) >= 11 is 12.6. The van der Waals surface area contributed by atoms with Crippen LogP contribution in [0.4, 0.5) is 0 Å². The van der Waals surface area contributed by atoms with E-state index < -0.39 is 0 Å². The molecule has 0 radical (unpaired) electrons. The molecule has 0 bridgehead atoms. The molecule has 0 aromatic heterocycles. The van der Waals surface area contributed by atoms with Crippen LogP contribution in [-0.2, 0) is 13.2 Å². The maximum absolute atomic E-state index is 8.78. The molecule has 0 aliphatic heterocycles. The van der Waals surface area contributed by atoms with E-state index in [-0.39, 0.29) is 6.61 Å². The quantitative estimate of drug-likeness (QED) is 0.532. The molecule has 26 heavy (non-hydrogen) atoms. The maximum atomic E-state index is 8.78. The van der Waals surface area contributed by atoms with E-state index in [0.717, 1.165) is 36.9 Å². The number of aliphatic hydroxyl groups excluding tert-OH is 1. The van der Waals surface area contributed by atoms with E-state index in [9.17, 15) is 0 Å². The lowest BCUT2D eigenvalue weighted by Gasteiger charge is -2.15. The lowest BCUT2D eigenvalue weighted by molar-refractivity contribution is 0.282. The van der Waals surface area contributed by atoms with Gasteiger partial charge < -0.3 is 19.9 Å². The van der Waals surface area contributed by atoms with Crippen LogP contribution in [-0.4, -0.2) is 25.4 Å². The average molecular weight is 398 g/mol. The molecule has 0 atom stereocenters. The molecule has 142 valence electrons. The van der Waals surface area contributed by atoms with Crippen molar-refractivity contribution in [3.8, 4) is 11.5 Å². The second kappa shape index (κ2) is 11.3. The molecule has 2 N–H and O–H groups in total. The highest BCUT2D eigenvalue weighted by atomic mass is 35.5. The zero-order chi connectivity index (χ0) is 18.8. The number of nitrogens with one attached hydrogen (secondary N) is 1. The summed E-state index contributed by atoms with van der Waals surface area (Å²) in [6, 6.07) is 11.3. The number of hydrogen-bond donors (Lipinski definition) is 2. The second-order valence-corrected chi connectivity index (χ2v) is 6.76. The van der Waals surface area contributed by atoms with Gasteiger partial charge in [-0.05, 0) is 49.6 Å². The molecule has 6 heteroatoms. The molecule has 2 aromatic carbocycles. The molecule has 0 heterocycles. The summed E-state index contributed by atoms with van der Waals surface area (Å²) < 4.78 is 11.3. The highest BCUT2D eigenvalue weighted by Crippen LogP contribution is 2.37. The van der Waals surface area contributed by atoms with Gasteiger partial charge in [0.15, 0.2) is 11.5 Å². The SMILES string of the molecule is COc1cc(CNCCCCCO)cc(Cl)c1OCc1ccccc1Cl. The Balaban J connectivity index is 1.96. The number of benzene rings is 2. The predicted octanol–water partition coefficient (Wildman–Crippen LogP) is 4.83. The first kappa shape index (κ1) is 20.8. The van der Waals surface area contributed by atoms with E-state index >= 15 is 0 Å². The van der Waals surface area contributed by atoms with Crippen molar-refractivity contribution in [1.29, 1.82) is 0 Å². The van der Waals surface area contributed by atoms with Gasteiger partial charge in [0.05, 0.1) is 12.1 Å². The van der Waals surface area contributed by atoms with Crippen molar-refractivity contribution in [2.45, 2.75) is 32.4 Å². The van der Waals surface area contributed by atoms with Gasteiger partial charge >= 0.3 is 0 Å². The summed E-state index contributed by atoms with van der Waals surface area (Å²) in [4.78, 5) is 0. The molecular formula is C20H25Cl2NO3. The first-order chi connectivity index (χ1) is 12.7. The number of aliphatic hydroxyl groups is 1. The molecule has 0 aliphatic rings. The monoisotopic (exact) mass is 397 g/mol. The van der Waals surface area contributed by atoms with Crippen molar-refractivity contribution in [3.63, 3.8) is 0 Å². The van der Waals surface area contributed by atoms with Crippen molar-refractivity contribution in [2.24, 2.45) is 0 Å². The summed E-state index contributed by atoms with van der Waals surface area (Å²) in [7, 11) is 1.60. The van der Waals surface area contributed by atoms with Crippen molar-refractivity contribution in [1.82, 2.24) is 5.32 Å². The first-order valence-corrected chi connectivity index (χ1v) is 9.45. The Kier molecular flexibility index (Phi) is 9.06. The molecule has 0 fully saturated rings. The summed E-state index contributed by atoms with van der Waals surface area (Å²) in [6.45, 7) is 2.16. The van der Waals surface area contributed by atoms with Gasteiger partial charge in [0, 0.05) is 23.7 Å². The van der Waals surface area contributed by atoms with Gasteiger partial charge in [0.25, 0.3) is 0 Å². The van der Waals surface area contributed by atoms with Crippen LogP contribution in [0.5, 0.6) is 11.5 Å². The van der Waals surface area contributed by atoms with Gasteiger partial charge in [-0.2, -0.15) is 0 Å². The molecule has 4 nitrogen and oxygen atoms in total. The van der Waals surface area contributed by atoms with Crippen molar-refractivity contribution < 1.29 is 14.6 Å². The third-order valence-corrected chi connectivity index (χ3v) is 4.61. The summed E-state index contributed by atoms with van der Waals surface area (Å²) in [6.07, 6.45) is 2.89. The highest BCUT2D eigenvalue weighted by molar-refractivity contribution is 6.32. The maximum Gasteiger partial charge on any atom is 0.180 e. The number of unbranched alkanes of at least 4 members (excludes halogenated alkanes) is 2. The molecule has 0 saturated carbocycles. The van der Waals surface area contributed by atoms with Crippen molar-refractivity contribution in [2.75, 3.05) is 20.3 Å². The third kappa shape index (κ3) is 6.36. The van der Waals surface area contributed by atoms with Gasteiger partial charge in [-0.15, -0.1) is 0 Å². The van der Waals surface area contributed by atoms with Gasteiger partial charge in [-0.1, -0.05) is 41.4 Å². The van der Waals surface area contributed by atoms with Gasteiger partial charge in [-0.3, -0.25) is 0 Å². The Morgan fingerprint density at radius 1 is 1.04 bits per heavy atom. The van der Waals surface area contributed by atoms with Crippen LogP contribution in [0.15, 0.2) is 36.4 Å². The molecular weight excluding hydrogens is 373 g/mol. The van der Waals surface area contributed by atoms with E-state index in [4.69, 9.17) is 37.8 Å². The van der Waals surface area contributed by atoms with E-state index in [2.05, 4.69) is 5.32 Å². The average Bonchev–Trinajstić information content (AvgIpc) is 2.64. The fraction of sp³-hybridized carbons (Fsp3) is 0.400. The van der Waals surface area contributed by atoms with Crippen LogP contribution >= 0.6 is 23.2 Å². The fourth-order valence-corrected chi connectivity index (χ4v) is 3.03. The lowest BCUT2D eigenvalue weighted by atomic mass is 10.2. The van der Waals surface area contributed by atoms with Crippen LogP contribution in [0.2, 0.25) is 10.0 Å². The highest BCUT2D eigenvalue weighted by Gasteiger charge is 2.13. The van der Waals surface area contributed by atoms with Crippen molar-refractivity contribution >= 4 is 23.2 Å². The Morgan fingerprint density at radius 3 is 2.58 bits per heavy atom. The normalized spacial score (nSPS) is 10.8. The Labute approximate surface area is 165 Å². The van der Waals surface area contributed by atoms with Gasteiger partial charge in [0.2, 0.25) is 0 Å². The van der Waals surface area contributed by atoms with Crippen LogP contribution in [0.25, 0.3) is 0 Å². The van der Waals surface area contributed by atoms with E-state index in [0.29, 0.717) is 34.7 Å². The van der Waals surface area contributed by atoms with Crippen LogP contribution in [0.3, 0.4) is 0 Å². The Hall–Kier alpha value is -1.46. The summed E-state index contributed by atoms with van der Waals surface area (Å²) in [5, 5.41) is 13.3. The fourth-order valence-electron chi connectivity index (χ4n) is 2.55. The molecule has 0 aliphatic carbocycles. The largest absolute Gasteiger partial charge is 0.493 e. The summed E-state index contributed by atoms with van der Waals surface area (Å²) in [5.74, 6) is 1.11. The molecule has 0 unspecified atom stereocenters. The van der Waals surface area contributed by atoms with Gasteiger partial charge in [-0.25, -0.2) is 0 Å². The smallest absolute Gasteiger partial charge is 0.180 e. The minimum atomic E-state index is 0.252. The van der Waals surface area contributed by atoms with E-state index in [1.807, 2.05) is 36.4 Å². The zero-order valence-corrected chi connectivity index (χ0v) is 16.4. The van der Waals surface area contributed by atoms with E-state index in [1.54, 1.807) is 7.11 Å². The number of methoxy groups -OCH3 is 1. The Morgan fingerprint density at radius 2 is 1.85 bits per heavy atom. The molecule has 2 aromatic rings. The zero-order valence-electron chi connectivity index (χ0n) is 14.9. The topological polar surface area (TPSA) is 50.7 Å². The van der Waals surface area contributed by atoms with Crippen molar-refractivity contribution in [3.05, 3.63) is 57.6 Å². The minimum absolute atomic E-state index is 0.252. The second-order valence-electron chi connectivity index (χ2n) is 5.95. The third-order valence-electron chi connectivity index (χ3n) is 3.96. The standard InChI is InChI=1S/C20H25Cl2NO3/c1-25-19-12-15(13-23-9-5-2-6-10-24)11-18(22)20(19)26-14-16-7-3-4-8-17(16)21/h3-4,7-8,11-12,23-24H,2,5-6,9-10,13-14H2,1H3. The van der Waals surface area contributed by atoms with Crippen LogP contribution in [0.1, 0.15) is 30.4 Å². The molecule has 0 saturated heterocycles. The first-order valence-electron chi connectivity index (χ1n) is 8.70. The lowest BCUT2D eigenvalue weighted by Crippen LogP contribution is -2.15. The number of halogens is 2. The molecule has 0 amide bonds. The predicted molar refractivity (Wildman–Crippen MR) is 106 cm³/mol. The van der Waals surface area contributed by atoms with E-state index in [1.165, 1.54) is 0 Å². The van der Waals surface area contributed by atoms with Crippen LogP contribution < -0.4 is 14.8 Å². The number of ether oxygens (including phenoxy) is 2. The number of hydrogen-bond acceptors (Lipinski definition) is 4.